The van der Waals surface area contributed by atoms with E-state index in [0.29, 0.717) is 4.47 Å². The van der Waals surface area contributed by atoms with Crippen molar-refractivity contribution in [1.82, 2.24) is 4.98 Å². The SMILES string of the molecule is CCCCSCc1cnc(Cl)s1. The van der Waals surface area contributed by atoms with Gasteiger partial charge in [-0.3, -0.25) is 0 Å². The molecule has 1 nitrogen and oxygen atoms in total. The van der Waals surface area contributed by atoms with Gasteiger partial charge in [0.15, 0.2) is 4.47 Å². The molecule has 0 saturated carbocycles. The van der Waals surface area contributed by atoms with Crippen LogP contribution in [-0.4, -0.2) is 10.7 Å². The number of unbranched alkanes of at least 4 members (excludes halogenated alkanes) is 1. The highest BCUT2D eigenvalue weighted by Gasteiger charge is 1.98. The average Bonchev–Trinajstić information content (AvgIpc) is 2.45. The standard InChI is InChI=1S/C8H12ClNS2/c1-2-3-4-11-6-7-5-10-8(9)12-7/h5H,2-4,6H2,1H3. The van der Waals surface area contributed by atoms with Crippen LogP contribution in [0.2, 0.25) is 4.47 Å². The van der Waals surface area contributed by atoms with E-state index >= 15 is 0 Å². The number of hydrogen-bond acceptors (Lipinski definition) is 3. The lowest BCUT2D eigenvalue weighted by Crippen LogP contribution is -1.78. The van der Waals surface area contributed by atoms with Crippen molar-refractivity contribution in [3.8, 4) is 0 Å². The van der Waals surface area contributed by atoms with Gasteiger partial charge in [0.1, 0.15) is 0 Å². The van der Waals surface area contributed by atoms with Crippen LogP contribution in [0.15, 0.2) is 6.20 Å². The second-order valence-corrected chi connectivity index (χ2v) is 5.29. The molecule has 0 aliphatic heterocycles. The van der Waals surface area contributed by atoms with Gasteiger partial charge < -0.3 is 0 Å². The molecular formula is C8H12ClNS2. The molecule has 1 aromatic heterocycles. The summed E-state index contributed by atoms with van der Waals surface area (Å²) in [5.41, 5.74) is 0. The molecule has 68 valence electrons. The van der Waals surface area contributed by atoms with Crippen LogP contribution < -0.4 is 0 Å². The molecule has 0 radical (unpaired) electrons. The van der Waals surface area contributed by atoms with Crippen LogP contribution in [0.4, 0.5) is 0 Å². The maximum absolute atomic E-state index is 5.70. The normalized spacial score (nSPS) is 10.5. The number of nitrogens with zero attached hydrogens (tertiary/aromatic N) is 1. The highest BCUT2D eigenvalue weighted by molar-refractivity contribution is 7.98. The van der Waals surface area contributed by atoms with E-state index < -0.39 is 0 Å². The van der Waals surface area contributed by atoms with E-state index in [-0.39, 0.29) is 0 Å². The van der Waals surface area contributed by atoms with Gasteiger partial charge in [-0.1, -0.05) is 24.9 Å². The van der Waals surface area contributed by atoms with Gasteiger partial charge >= 0.3 is 0 Å². The Balaban J connectivity index is 2.15. The molecule has 0 fully saturated rings. The number of hydrogen-bond donors (Lipinski definition) is 0. The molecule has 0 N–H and O–H groups in total. The van der Waals surface area contributed by atoms with Crippen LogP contribution in [-0.2, 0) is 5.75 Å². The first kappa shape index (κ1) is 10.4. The van der Waals surface area contributed by atoms with Gasteiger partial charge in [-0.2, -0.15) is 11.8 Å². The summed E-state index contributed by atoms with van der Waals surface area (Å²) < 4.78 is 0.654. The summed E-state index contributed by atoms with van der Waals surface area (Å²) >= 11 is 9.23. The van der Waals surface area contributed by atoms with E-state index in [4.69, 9.17) is 11.6 Å². The maximum Gasteiger partial charge on any atom is 0.183 e. The van der Waals surface area contributed by atoms with Gasteiger partial charge in [-0.25, -0.2) is 4.98 Å². The molecule has 0 saturated heterocycles. The van der Waals surface area contributed by atoms with Crippen LogP contribution in [0.25, 0.3) is 0 Å². The largest absolute Gasteiger partial charge is 0.233 e. The Morgan fingerprint density at radius 2 is 2.50 bits per heavy atom. The average molecular weight is 222 g/mol. The third-order valence-corrected chi connectivity index (χ3v) is 3.80. The summed E-state index contributed by atoms with van der Waals surface area (Å²) in [5.74, 6) is 2.30. The maximum atomic E-state index is 5.70. The quantitative estimate of drug-likeness (QED) is 0.701. The Morgan fingerprint density at radius 1 is 1.67 bits per heavy atom. The lowest BCUT2D eigenvalue weighted by molar-refractivity contribution is 0.896. The molecule has 0 unspecified atom stereocenters. The van der Waals surface area contributed by atoms with Crippen molar-refractivity contribution in [1.29, 1.82) is 0 Å². The second-order valence-electron chi connectivity index (χ2n) is 2.49. The molecule has 0 aromatic carbocycles. The van der Waals surface area contributed by atoms with Crippen molar-refractivity contribution >= 4 is 34.7 Å². The predicted molar refractivity (Wildman–Crippen MR) is 58.2 cm³/mol. The Morgan fingerprint density at radius 3 is 3.08 bits per heavy atom. The second kappa shape index (κ2) is 5.84. The Hall–Kier alpha value is 0.270. The van der Waals surface area contributed by atoms with Gasteiger partial charge in [0.05, 0.1) is 0 Å². The molecule has 1 rings (SSSR count). The molecule has 1 aromatic rings. The zero-order chi connectivity index (χ0) is 8.81. The first-order valence-corrected chi connectivity index (χ1v) is 6.35. The van der Waals surface area contributed by atoms with E-state index in [1.54, 1.807) is 11.3 Å². The minimum Gasteiger partial charge on any atom is -0.233 e. The highest BCUT2D eigenvalue weighted by atomic mass is 35.5. The Labute approximate surface area is 86.5 Å². The Kier molecular flexibility index (Phi) is 5.04. The first-order chi connectivity index (χ1) is 5.83. The third-order valence-electron chi connectivity index (χ3n) is 1.41. The summed E-state index contributed by atoms with van der Waals surface area (Å²) in [6.07, 6.45) is 4.44. The fourth-order valence-corrected chi connectivity index (χ4v) is 2.94. The minimum atomic E-state index is 0.654. The first-order valence-electron chi connectivity index (χ1n) is 4.01. The van der Waals surface area contributed by atoms with Crippen molar-refractivity contribution in [2.24, 2.45) is 0 Å². The summed E-state index contributed by atoms with van der Waals surface area (Å²) in [4.78, 5) is 5.26. The van der Waals surface area contributed by atoms with Crippen molar-refractivity contribution in [2.75, 3.05) is 5.75 Å². The smallest absolute Gasteiger partial charge is 0.183 e. The van der Waals surface area contributed by atoms with Crippen LogP contribution in [0, 0.1) is 0 Å². The van der Waals surface area contributed by atoms with E-state index in [9.17, 15) is 0 Å². The summed E-state index contributed by atoms with van der Waals surface area (Å²) in [6, 6.07) is 0. The summed E-state index contributed by atoms with van der Waals surface area (Å²) in [7, 11) is 0. The molecule has 0 amide bonds. The lowest BCUT2D eigenvalue weighted by atomic mass is 10.4. The van der Waals surface area contributed by atoms with Crippen molar-refractivity contribution in [2.45, 2.75) is 25.5 Å². The van der Waals surface area contributed by atoms with E-state index in [0.717, 1.165) is 5.75 Å². The minimum absolute atomic E-state index is 0.654. The number of thioether (sulfide) groups is 1. The molecule has 12 heavy (non-hydrogen) atoms. The highest BCUT2D eigenvalue weighted by Crippen LogP contribution is 2.22. The van der Waals surface area contributed by atoms with E-state index in [1.165, 1.54) is 23.5 Å². The molecule has 0 aliphatic rings. The van der Waals surface area contributed by atoms with Crippen molar-refractivity contribution in [3.05, 3.63) is 15.5 Å². The monoisotopic (exact) mass is 221 g/mol. The molecule has 4 heteroatoms. The number of halogens is 1. The zero-order valence-corrected chi connectivity index (χ0v) is 9.44. The number of aromatic nitrogens is 1. The third kappa shape index (κ3) is 3.78. The van der Waals surface area contributed by atoms with E-state index in [1.807, 2.05) is 18.0 Å². The molecule has 0 spiro atoms. The topological polar surface area (TPSA) is 12.9 Å². The van der Waals surface area contributed by atoms with Crippen LogP contribution >= 0.6 is 34.7 Å². The molecular weight excluding hydrogens is 210 g/mol. The van der Waals surface area contributed by atoms with Gasteiger partial charge in [0, 0.05) is 16.8 Å². The van der Waals surface area contributed by atoms with Crippen LogP contribution in [0.5, 0.6) is 0 Å². The fraction of sp³-hybridized carbons (Fsp3) is 0.625. The predicted octanol–water partition coefficient (Wildman–Crippen LogP) is 3.83. The number of thiazole rings is 1. The summed E-state index contributed by atoms with van der Waals surface area (Å²) in [6.45, 7) is 2.21. The van der Waals surface area contributed by atoms with Crippen molar-refractivity contribution in [3.63, 3.8) is 0 Å². The molecule has 1 heterocycles. The van der Waals surface area contributed by atoms with Crippen LogP contribution in [0.3, 0.4) is 0 Å². The van der Waals surface area contributed by atoms with Gasteiger partial charge in [-0.05, 0) is 12.2 Å². The van der Waals surface area contributed by atoms with E-state index in [2.05, 4.69) is 11.9 Å². The fourth-order valence-electron chi connectivity index (χ4n) is 0.770. The lowest BCUT2D eigenvalue weighted by Gasteiger charge is -1.95. The summed E-state index contributed by atoms with van der Waals surface area (Å²) in [5, 5.41) is 0. The number of rotatable bonds is 5. The Bertz CT molecular complexity index is 225. The van der Waals surface area contributed by atoms with Gasteiger partial charge in [0.2, 0.25) is 0 Å². The van der Waals surface area contributed by atoms with Crippen molar-refractivity contribution < 1.29 is 0 Å². The zero-order valence-electron chi connectivity index (χ0n) is 7.05. The molecule has 0 aliphatic carbocycles. The van der Waals surface area contributed by atoms with Gasteiger partial charge in [-0.15, -0.1) is 11.3 Å². The molecule has 0 atom stereocenters. The van der Waals surface area contributed by atoms with Gasteiger partial charge in [0.25, 0.3) is 0 Å². The molecule has 0 bridgehead atoms. The van der Waals surface area contributed by atoms with Crippen LogP contribution in [0.1, 0.15) is 24.6 Å².